The molecule has 1 aromatic carbocycles. The van der Waals surface area contributed by atoms with Gasteiger partial charge in [0.1, 0.15) is 11.8 Å². The van der Waals surface area contributed by atoms with Gasteiger partial charge < -0.3 is 10.3 Å². The summed E-state index contributed by atoms with van der Waals surface area (Å²) in [5, 5.41) is 3.99. The van der Waals surface area contributed by atoms with Crippen molar-refractivity contribution in [1.29, 1.82) is 0 Å². The minimum absolute atomic E-state index is 0.322. The van der Waals surface area contributed by atoms with Crippen molar-refractivity contribution >= 4 is 5.91 Å². The number of carbonyl (C=O) groups excluding carboxylic acids is 1. The Bertz CT molecular complexity index is 636. The number of hydrogen-bond donors (Lipinski definition) is 1. The summed E-state index contributed by atoms with van der Waals surface area (Å²) >= 11 is 0. The first-order chi connectivity index (χ1) is 9.65. The van der Waals surface area contributed by atoms with E-state index in [2.05, 4.69) is 16.1 Å². The molecule has 3 rings (SSSR count). The topological polar surface area (TPSA) is 72.4 Å². The van der Waals surface area contributed by atoms with Gasteiger partial charge in [-0.3, -0.25) is 9.69 Å². The van der Waals surface area contributed by atoms with Gasteiger partial charge in [-0.2, -0.15) is 0 Å². The fourth-order valence-corrected chi connectivity index (χ4v) is 2.82. The molecule has 1 aromatic heterocycles. The summed E-state index contributed by atoms with van der Waals surface area (Å²) in [6, 6.07) is 9.47. The van der Waals surface area contributed by atoms with Gasteiger partial charge in [-0.05, 0) is 24.5 Å². The SMILES string of the molecule is Cc1cc(CN2CCc3ccccc3C2C(N)=O)no1. The van der Waals surface area contributed by atoms with Crippen molar-refractivity contribution in [3.63, 3.8) is 0 Å². The highest BCUT2D eigenvalue weighted by atomic mass is 16.5. The van der Waals surface area contributed by atoms with Crippen LogP contribution in [0.1, 0.15) is 28.6 Å². The summed E-state index contributed by atoms with van der Waals surface area (Å²) in [5.41, 5.74) is 8.64. The van der Waals surface area contributed by atoms with Gasteiger partial charge in [0, 0.05) is 19.2 Å². The minimum atomic E-state index is -0.392. The van der Waals surface area contributed by atoms with E-state index in [1.54, 1.807) is 0 Å². The second-order valence-electron chi connectivity index (χ2n) is 5.15. The lowest BCUT2D eigenvalue weighted by molar-refractivity contribution is -0.124. The fraction of sp³-hybridized carbons (Fsp3) is 0.333. The third-order valence-electron chi connectivity index (χ3n) is 3.69. The van der Waals surface area contributed by atoms with Crippen molar-refractivity contribution in [2.24, 2.45) is 5.73 Å². The minimum Gasteiger partial charge on any atom is -0.368 e. The van der Waals surface area contributed by atoms with Gasteiger partial charge in [0.15, 0.2) is 0 Å². The van der Waals surface area contributed by atoms with Crippen LogP contribution in [-0.2, 0) is 17.8 Å². The van der Waals surface area contributed by atoms with Crippen LogP contribution in [0.5, 0.6) is 0 Å². The molecule has 1 amide bonds. The van der Waals surface area contributed by atoms with Crippen LogP contribution in [-0.4, -0.2) is 22.5 Å². The van der Waals surface area contributed by atoms with E-state index in [-0.39, 0.29) is 5.91 Å². The maximum Gasteiger partial charge on any atom is 0.239 e. The number of aromatic nitrogens is 1. The molecule has 5 heteroatoms. The normalized spacial score (nSPS) is 18.8. The lowest BCUT2D eigenvalue weighted by atomic mass is 9.92. The summed E-state index contributed by atoms with van der Waals surface area (Å²) in [7, 11) is 0. The summed E-state index contributed by atoms with van der Waals surface area (Å²) in [6.07, 6.45) is 0.913. The summed E-state index contributed by atoms with van der Waals surface area (Å²) in [6.45, 7) is 3.21. The average molecular weight is 271 g/mol. The molecule has 2 aromatic rings. The predicted molar refractivity (Wildman–Crippen MR) is 73.7 cm³/mol. The standard InChI is InChI=1S/C15H17N3O2/c1-10-8-12(17-20-10)9-18-7-6-11-4-2-3-5-13(11)14(18)15(16)19/h2-5,8,14H,6-7,9H2,1H3,(H2,16,19). The molecule has 1 unspecified atom stereocenters. The first kappa shape index (κ1) is 12.9. The molecule has 1 atom stereocenters. The van der Waals surface area contributed by atoms with Gasteiger partial charge in [0.05, 0.1) is 5.69 Å². The Labute approximate surface area is 117 Å². The van der Waals surface area contributed by atoms with E-state index in [1.807, 2.05) is 31.2 Å². The second-order valence-corrected chi connectivity index (χ2v) is 5.15. The Kier molecular flexibility index (Phi) is 3.28. The number of fused-ring (bicyclic) bond motifs is 1. The molecule has 2 heterocycles. The molecule has 0 radical (unpaired) electrons. The third-order valence-corrected chi connectivity index (χ3v) is 3.69. The zero-order chi connectivity index (χ0) is 14.1. The first-order valence-electron chi connectivity index (χ1n) is 6.68. The van der Waals surface area contributed by atoms with Crippen LogP contribution >= 0.6 is 0 Å². The van der Waals surface area contributed by atoms with Crippen molar-refractivity contribution in [2.75, 3.05) is 6.54 Å². The molecular weight excluding hydrogens is 254 g/mol. The van der Waals surface area contributed by atoms with Gasteiger partial charge >= 0.3 is 0 Å². The Balaban J connectivity index is 1.90. The molecule has 1 aliphatic heterocycles. The van der Waals surface area contributed by atoms with Crippen LogP contribution in [0.15, 0.2) is 34.9 Å². The molecule has 1 aliphatic rings. The monoisotopic (exact) mass is 271 g/mol. The van der Waals surface area contributed by atoms with E-state index in [9.17, 15) is 4.79 Å². The van der Waals surface area contributed by atoms with Crippen LogP contribution in [0.3, 0.4) is 0 Å². The van der Waals surface area contributed by atoms with Gasteiger partial charge in [0.2, 0.25) is 5.91 Å². The molecule has 0 bridgehead atoms. The van der Waals surface area contributed by atoms with Gasteiger partial charge in [-0.1, -0.05) is 29.4 Å². The smallest absolute Gasteiger partial charge is 0.239 e. The maximum atomic E-state index is 11.9. The number of primary amides is 1. The number of aryl methyl sites for hydroxylation is 1. The van der Waals surface area contributed by atoms with Crippen molar-refractivity contribution in [2.45, 2.75) is 25.9 Å². The first-order valence-corrected chi connectivity index (χ1v) is 6.68. The lowest BCUT2D eigenvalue weighted by Gasteiger charge is -2.34. The average Bonchev–Trinajstić information content (AvgIpc) is 2.83. The molecule has 20 heavy (non-hydrogen) atoms. The van der Waals surface area contributed by atoms with Crippen molar-refractivity contribution in [1.82, 2.24) is 10.1 Å². The molecule has 2 N–H and O–H groups in total. The number of benzene rings is 1. The predicted octanol–water partition coefficient (Wildman–Crippen LogP) is 1.57. The van der Waals surface area contributed by atoms with E-state index >= 15 is 0 Å². The number of amides is 1. The molecule has 0 aliphatic carbocycles. The van der Waals surface area contributed by atoms with Gasteiger partial charge in [-0.25, -0.2) is 0 Å². The summed E-state index contributed by atoms with van der Waals surface area (Å²) in [4.78, 5) is 13.9. The Morgan fingerprint density at radius 2 is 2.30 bits per heavy atom. The fourth-order valence-electron chi connectivity index (χ4n) is 2.82. The Morgan fingerprint density at radius 3 is 3.00 bits per heavy atom. The number of nitrogens with two attached hydrogens (primary N) is 1. The number of hydrogen-bond acceptors (Lipinski definition) is 4. The molecule has 5 nitrogen and oxygen atoms in total. The molecule has 0 spiro atoms. The molecular formula is C15H17N3O2. The largest absolute Gasteiger partial charge is 0.368 e. The third kappa shape index (κ3) is 2.32. The van der Waals surface area contributed by atoms with E-state index in [0.717, 1.165) is 30.0 Å². The van der Waals surface area contributed by atoms with E-state index in [1.165, 1.54) is 5.56 Å². The van der Waals surface area contributed by atoms with Crippen LogP contribution in [0.4, 0.5) is 0 Å². The van der Waals surface area contributed by atoms with Crippen molar-refractivity contribution in [3.05, 3.63) is 52.9 Å². The molecule has 0 fully saturated rings. The second kappa shape index (κ2) is 5.09. The number of rotatable bonds is 3. The summed E-state index contributed by atoms with van der Waals surface area (Å²) in [5.74, 6) is 0.449. The number of carbonyl (C=O) groups is 1. The van der Waals surface area contributed by atoms with E-state index < -0.39 is 6.04 Å². The van der Waals surface area contributed by atoms with Crippen LogP contribution in [0.2, 0.25) is 0 Å². The van der Waals surface area contributed by atoms with Crippen LogP contribution < -0.4 is 5.73 Å². The van der Waals surface area contributed by atoms with Crippen LogP contribution in [0, 0.1) is 6.92 Å². The zero-order valence-electron chi connectivity index (χ0n) is 11.4. The maximum absolute atomic E-state index is 11.9. The van der Waals surface area contributed by atoms with Gasteiger partial charge in [0.25, 0.3) is 0 Å². The highest BCUT2D eigenvalue weighted by Gasteiger charge is 2.31. The Hall–Kier alpha value is -2.14. The highest BCUT2D eigenvalue weighted by Crippen LogP contribution is 2.30. The lowest BCUT2D eigenvalue weighted by Crippen LogP contribution is -2.42. The van der Waals surface area contributed by atoms with Gasteiger partial charge in [-0.15, -0.1) is 0 Å². The number of nitrogens with zero attached hydrogens (tertiary/aromatic N) is 2. The Morgan fingerprint density at radius 1 is 1.50 bits per heavy atom. The van der Waals surface area contributed by atoms with Crippen molar-refractivity contribution < 1.29 is 9.32 Å². The summed E-state index contributed by atoms with van der Waals surface area (Å²) < 4.78 is 5.08. The highest BCUT2D eigenvalue weighted by molar-refractivity contribution is 5.82. The molecule has 104 valence electrons. The molecule has 0 saturated heterocycles. The molecule has 0 saturated carbocycles. The van der Waals surface area contributed by atoms with Crippen molar-refractivity contribution in [3.8, 4) is 0 Å². The quantitative estimate of drug-likeness (QED) is 0.919. The zero-order valence-corrected chi connectivity index (χ0v) is 11.4. The van der Waals surface area contributed by atoms with E-state index in [4.69, 9.17) is 10.3 Å². The van der Waals surface area contributed by atoms with Crippen LogP contribution in [0.25, 0.3) is 0 Å². The van der Waals surface area contributed by atoms with E-state index in [0.29, 0.717) is 6.54 Å².